The van der Waals surface area contributed by atoms with Crippen molar-refractivity contribution in [3.05, 3.63) is 151 Å². The number of nitrogens with zero attached hydrogens (tertiary/aromatic N) is 4. The number of fused-ring (bicyclic) bond motifs is 4. The van der Waals surface area contributed by atoms with E-state index in [4.69, 9.17) is 16.4 Å². The number of para-hydroxylation sites is 3. The Hall–Kier alpha value is -6.18. The fourth-order valence-electron chi connectivity index (χ4n) is 6.39. The quantitative estimate of drug-likeness (QED) is 0.191. The van der Waals surface area contributed by atoms with Gasteiger partial charge in [-0.2, -0.15) is 0 Å². The minimum Gasteiger partial charge on any atom is -0.309 e. The molecule has 0 fully saturated rings. The minimum atomic E-state index is 0.822. The second-order valence-corrected chi connectivity index (χ2v) is 11.0. The van der Waals surface area contributed by atoms with Crippen molar-refractivity contribution < 1.29 is 0 Å². The largest absolute Gasteiger partial charge is 0.309 e. The predicted octanol–water partition coefficient (Wildman–Crippen LogP) is 9.87. The van der Waals surface area contributed by atoms with E-state index in [0.29, 0.717) is 0 Å². The summed E-state index contributed by atoms with van der Waals surface area (Å²) in [7, 11) is 0. The maximum atomic E-state index is 5.95. The molecule has 0 atom stereocenters. The third kappa shape index (κ3) is 4.33. The van der Waals surface area contributed by atoms with Gasteiger partial charge in [-0.25, -0.2) is 0 Å². The molecule has 5 aromatic carbocycles. The molecule has 212 valence electrons. The number of allylic oxidation sites excluding steroid dienone is 1. The van der Waals surface area contributed by atoms with Gasteiger partial charge in [-0.15, -0.1) is 6.42 Å². The van der Waals surface area contributed by atoms with Crippen LogP contribution in [-0.2, 0) is 0 Å². The first kappa shape index (κ1) is 26.4. The Labute approximate surface area is 261 Å². The molecule has 8 rings (SSSR count). The van der Waals surface area contributed by atoms with Crippen molar-refractivity contribution in [1.82, 2.24) is 19.1 Å². The van der Waals surface area contributed by atoms with E-state index < -0.39 is 0 Å². The van der Waals surface area contributed by atoms with Gasteiger partial charge >= 0.3 is 0 Å². The average molecular weight is 577 g/mol. The molecule has 0 saturated carbocycles. The van der Waals surface area contributed by atoms with E-state index in [1.54, 1.807) is 0 Å². The lowest BCUT2D eigenvalue weighted by molar-refractivity contribution is 1.10. The normalized spacial score (nSPS) is 11.6. The summed E-state index contributed by atoms with van der Waals surface area (Å²) >= 11 is 0. The summed E-state index contributed by atoms with van der Waals surface area (Å²) in [6, 6.07) is 42.3. The maximum Gasteiger partial charge on any atom is 0.0885 e. The molecule has 0 amide bonds. The molecule has 4 nitrogen and oxygen atoms in total. The van der Waals surface area contributed by atoms with Gasteiger partial charge in [0.15, 0.2) is 0 Å². The Balaban J connectivity index is 1.09. The topological polar surface area (TPSA) is 35.6 Å². The summed E-state index contributed by atoms with van der Waals surface area (Å²) in [5.41, 5.74) is 11.2. The number of aromatic nitrogens is 4. The maximum absolute atomic E-state index is 5.95. The van der Waals surface area contributed by atoms with Crippen molar-refractivity contribution >= 4 is 38.8 Å². The molecule has 45 heavy (non-hydrogen) atoms. The van der Waals surface area contributed by atoms with Crippen molar-refractivity contribution in [2.75, 3.05) is 0 Å². The van der Waals surface area contributed by atoms with Crippen LogP contribution < -0.4 is 0 Å². The minimum absolute atomic E-state index is 0.822. The highest BCUT2D eigenvalue weighted by molar-refractivity contribution is 6.09. The average Bonchev–Trinajstić information content (AvgIpc) is 3.61. The number of hydrogen-bond donors (Lipinski definition) is 0. The highest BCUT2D eigenvalue weighted by Crippen LogP contribution is 2.33. The van der Waals surface area contributed by atoms with Gasteiger partial charge in [0.1, 0.15) is 0 Å². The number of terminal acetylenes is 1. The second-order valence-electron chi connectivity index (χ2n) is 11.0. The highest BCUT2D eigenvalue weighted by atomic mass is 15.0. The summed E-state index contributed by atoms with van der Waals surface area (Å²) in [5.74, 6) is 2.90. The first-order valence-corrected chi connectivity index (χ1v) is 15.0. The molecule has 3 heterocycles. The van der Waals surface area contributed by atoms with E-state index in [-0.39, 0.29) is 0 Å². The van der Waals surface area contributed by atoms with Crippen LogP contribution in [0.2, 0.25) is 0 Å². The van der Waals surface area contributed by atoms with Gasteiger partial charge in [0.2, 0.25) is 0 Å². The standard InChI is InChI=1S/C41H28N4/c1-3-11-38-32(4-2)33-12-5-8-15-39(33)44(38)30-22-18-28(19-23-30)36-26-43-37(27-42-36)29-20-24-31(25-21-29)45-40-16-9-6-13-34(40)35-14-7-10-17-41(35)45/h2-3,5-27H,1H3/b11-3-. The SMILES string of the molecule is C#Cc1c(/C=C\C)n(-c2ccc(-c3cnc(-c4ccc(-n5c6ccccc6c6ccccc65)cc4)cn3)cc2)c2ccccc12. The van der Waals surface area contributed by atoms with Gasteiger partial charge in [0, 0.05) is 38.7 Å². The summed E-state index contributed by atoms with van der Waals surface area (Å²) in [5, 5.41) is 3.58. The molecule has 0 aliphatic heterocycles. The molecular weight excluding hydrogens is 548 g/mol. The van der Waals surface area contributed by atoms with Crippen LogP contribution in [0.1, 0.15) is 18.2 Å². The Morgan fingerprint density at radius 3 is 1.47 bits per heavy atom. The zero-order chi connectivity index (χ0) is 30.3. The Morgan fingerprint density at radius 1 is 0.556 bits per heavy atom. The lowest BCUT2D eigenvalue weighted by Crippen LogP contribution is -1.97. The van der Waals surface area contributed by atoms with Gasteiger partial charge in [-0.05, 0) is 55.5 Å². The van der Waals surface area contributed by atoms with E-state index in [0.717, 1.165) is 56.0 Å². The van der Waals surface area contributed by atoms with Crippen molar-refractivity contribution in [2.24, 2.45) is 0 Å². The third-order valence-corrected chi connectivity index (χ3v) is 8.45. The molecule has 0 aliphatic rings. The molecule has 0 N–H and O–H groups in total. The second kappa shape index (κ2) is 10.8. The highest BCUT2D eigenvalue weighted by Gasteiger charge is 2.16. The van der Waals surface area contributed by atoms with E-state index in [1.807, 2.05) is 37.5 Å². The van der Waals surface area contributed by atoms with Crippen LogP contribution in [0.15, 0.2) is 140 Å². The lowest BCUT2D eigenvalue weighted by atomic mass is 10.1. The van der Waals surface area contributed by atoms with Gasteiger partial charge < -0.3 is 9.13 Å². The molecule has 0 bridgehead atoms. The van der Waals surface area contributed by atoms with Crippen molar-refractivity contribution in [3.8, 4) is 46.2 Å². The monoisotopic (exact) mass is 576 g/mol. The van der Waals surface area contributed by atoms with Crippen LogP contribution >= 0.6 is 0 Å². The molecule has 0 aliphatic carbocycles. The number of rotatable bonds is 5. The van der Waals surface area contributed by atoms with Gasteiger partial charge in [-0.1, -0.05) is 90.9 Å². The van der Waals surface area contributed by atoms with E-state index >= 15 is 0 Å². The summed E-state index contributed by atoms with van der Waals surface area (Å²) in [4.78, 5) is 9.57. The smallest absolute Gasteiger partial charge is 0.0885 e. The molecule has 0 spiro atoms. The van der Waals surface area contributed by atoms with Crippen LogP contribution in [0.5, 0.6) is 0 Å². The molecule has 3 aromatic heterocycles. The van der Waals surface area contributed by atoms with Crippen LogP contribution in [0.4, 0.5) is 0 Å². The van der Waals surface area contributed by atoms with Gasteiger partial charge in [-0.3, -0.25) is 9.97 Å². The Kier molecular flexibility index (Phi) is 6.36. The first-order valence-electron chi connectivity index (χ1n) is 15.0. The lowest BCUT2D eigenvalue weighted by Gasteiger charge is -2.11. The summed E-state index contributed by atoms with van der Waals surface area (Å²) in [6.07, 6.45) is 13.7. The first-order chi connectivity index (χ1) is 22.2. The van der Waals surface area contributed by atoms with Crippen molar-refractivity contribution in [3.63, 3.8) is 0 Å². The van der Waals surface area contributed by atoms with Crippen LogP contribution in [-0.4, -0.2) is 19.1 Å². The zero-order valence-corrected chi connectivity index (χ0v) is 24.7. The predicted molar refractivity (Wildman–Crippen MR) is 187 cm³/mol. The fourth-order valence-corrected chi connectivity index (χ4v) is 6.39. The number of hydrogen-bond acceptors (Lipinski definition) is 2. The van der Waals surface area contributed by atoms with Gasteiger partial charge in [0.25, 0.3) is 0 Å². The molecule has 4 heteroatoms. The molecule has 0 radical (unpaired) electrons. The van der Waals surface area contributed by atoms with Crippen LogP contribution in [0.25, 0.3) is 72.7 Å². The van der Waals surface area contributed by atoms with Gasteiger partial charge in [0.05, 0.1) is 51.6 Å². The molecule has 0 saturated heterocycles. The fraction of sp³-hybridized carbons (Fsp3) is 0.0244. The number of benzene rings is 5. The Bertz CT molecular complexity index is 2360. The zero-order valence-electron chi connectivity index (χ0n) is 24.7. The summed E-state index contributed by atoms with van der Waals surface area (Å²) < 4.78 is 4.53. The molecule has 0 unspecified atom stereocenters. The van der Waals surface area contributed by atoms with E-state index in [1.165, 1.54) is 21.8 Å². The Morgan fingerprint density at radius 2 is 1.00 bits per heavy atom. The van der Waals surface area contributed by atoms with E-state index in [9.17, 15) is 0 Å². The summed E-state index contributed by atoms with van der Waals surface area (Å²) in [6.45, 7) is 2.01. The van der Waals surface area contributed by atoms with E-state index in [2.05, 4.69) is 130 Å². The third-order valence-electron chi connectivity index (χ3n) is 8.45. The molecular formula is C41H28N4. The van der Waals surface area contributed by atoms with Crippen LogP contribution in [0.3, 0.4) is 0 Å². The van der Waals surface area contributed by atoms with Crippen molar-refractivity contribution in [1.29, 1.82) is 0 Å². The van der Waals surface area contributed by atoms with Crippen LogP contribution in [0, 0.1) is 12.3 Å². The molecule has 8 aromatic rings. The van der Waals surface area contributed by atoms with Crippen molar-refractivity contribution in [2.45, 2.75) is 6.92 Å².